The Bertz CT molecular complexity index is 1880. The van der Waals surface area contributed by atoms with Gasteiger partial charge in [-0.2, -0.15) is 0 Å². The second-order valence-corrected chi connectivity index (χ2v) is 10.6. The van der Waals surface area contributed by atoms with E-state index in [0.717, 1.165) is 12.1 Å². The zero-order valence-corrected chi connectivity index (χ0v) is 25.2. The van der Waals surface area contributed by atoms with E-state index in [1.165, 1.54) is 12.1 Å². The van der Waals surface area contributed by atoms with E-state index in [4.69, 9.17) is 21.2 Å². The van der Waals surface area contributed by atoms with Gasteiger partial charge in [-0.3, -0.25) is 39.2 Å². The van der Waals surface area contributed by atoms with Crippen LogP contribution in [0.1, 0.15) is 21.6 Å². The summed E-state index contributed by atoms with van der Waals surface area (Å²) in [6, 6.07) is 14.5. The second-order valence-electron chi connectivity index (χ2n) is 10.2. The smallest absolute Gasteiger partial charge is 0.321 e. The molecule has 1 saturated heterocycles. The van der Waals surface area contributed by atoms with Crippen LogP contribution in [0.25, 0.3) is 10.9 Å². The predicted octanol–water partition coefficient (Wildman–Crippen LogP) is 4.67. The van der Waals surface area contributed by atoms with Crippen molar-refractivity contribution in [2.24, 2.45) is 5.28 Å². The first kappa shape index (κ1) is 31.6. The van der Waals surface area contributed by atoms with E-state index < -0.39 is 27.0 Å². The summed E-state index contributed by atoms with van der Waals surface area (Å²) >= 11 is 6.00. The van der Waals surface area contributed by atoms with Gasteiger partial charge in [-0.1, -0.05) is 11.6 Å². The fraction of sp³-hybridized carbons (Fsp3) is 0.241. The Kier molecular flexibility index (Phi) is 8.99. The van der Waals surface area contributed by atoms with Crippen molar-refractivity contribution in [2.45, 2.75) is 13.3 Å². The van der Waals surface area contributed by atoms with Crippen LogP contribution < -0.4 is 9.57 Å². The Labute approximate surface area is 265 Å². The number of hydrazine groups is 1. The highest BCUT2D eigenvalue weighted by Crippen LogP contribution is 2.32. The van der Waals surface area contributed by atoms with Crippen LogP contribution in [-0.4, -0.2) is 74.4 Å². The number of amides is 1. The standard InChI is InChI=1S/C29H26ClN7O9/c1-18-23(24-16-22(45-2)8-9-25(24)34(18)29(39)19-3-5-20(30)6-4-19)17-28(38)32-11-13-33(14-12-32)37(44)31-46-27-10-7-21(35(40)41)15-26(27)36(42)43/h3-10,15-16H,11-14,17H2,1-2H3/b37-31-. The molecule has 1 aliphatic heterocycles. The van der Waals surface area contributed by atoms with Gasteiger partial charge in [-0.05, 0) is 61.0 Å². The first-order chi connectivity index (χ1) is 22.0. The van der Waals surface area contributed by atoms with Crippen LogP contribution in [0.5, 0.6) is 11.5 Å². The van der Waals surface area contributed by atoms with Gasteiger partial charge >= 0.3 is 5.69 Å². The van der Waals surface area contributed by atoms with E-state index in [1.54, 1.807) is 58.9 Å². The highest BCUT2D eigenvalue weighted by atomic mass is 35.5. The van der Waals surface area contributed by atoms with Gasteiger partial charge in [0, 0.05) is 40.8 Å². The van der Waals surface area contributed by atoms with Crippen LogP contribution in [0.3, 0.4) is 0 Å². The van der Waals surface area contributed by atoms with Gasteiger partial charge in [0.2, 0.25) is 16.9 Å². The highest BCUT2D eigenvalue weighted by Gasteiger charge is 2.29. The fourth-order valence-electron chi connectivity index (χ4n) is 5.14. The summed E-state index contributed by atoms with van der Waals surface area (Å²) in [7, 11) is 1.53. The molecule has 4 aromatic rings. The van der Waals surface area contributed by atoms with Crippen LogP contribution in [0, 0.1) is 32.4 Å². The Morgan fingerprint density at radius 2 is 1.63 bits per heavy atom. The predicted molar refractivity (Wildman–Crippen MR) is 163 cm³/mol. The van der Waals surface area contributed by atoms with Gasteiger partial charge in [-0.25, -0.2) is 0 Å². The third kappa shape index (κ3) is 6.37. The molecule has 2 heterocycles. The third-order valence-electron chi connectivity index (χ3n) is 7.57. The molecule has 0 aliphatic carbocycles. The number of aromatic nitrogens is 1. The van der Waals surface area contributed by atoms with Gasteiger partial charge in [0.15, 0.2) is 0 Å². The van der Waals surface area contributed by atoms with Crippen molar-refractivity contribution in [2.75, 3.05) is 33.3 Å². The first-order valence-corrected chi connectivity index (χ1v) is 14.1. The molecule has 0 unspecified atom stereocenters. The maximum Gasteiger partial charge on any atom is 0.321 e. The van der Waals surface area contributed by atoms with Gasteiger partial charge < -0.3 is 14.8 Å². The molecule has 5 rings (SSSR count). The molecule has 238 valence electrons. The minimum Gasteiger partial charge on any atom is -0.569 e. The average Bonchev–Trinajstić information content (AvgIpc) is 3.33. The number of methoxy groups -OCH3 is 1. The fourth-order valence-corrected chi connectivity index (χ4v) is 5.27. The summed E-state index contributed by atoms with van der Waals surface area (Å²) in [6.07, 6.45) is -0.0191. The number of non-ortho nitro benzene ring substituents is 1. The third-order valence-corrected chi connectivity index (χ3v) is 7.83. The van der Waals surface area contributed by atoms with Crippen molar-refractivity contribution in [3.05, 3.63) is 108 Å². The summed E-state index contributed by atoms with van der Waals surface area (Å²) in [5.74, 6) is -0.398. The normalized spacial score (nSPS) is 13.5. The monoisotopic (exact) mass is 651 g/mol. The van der Waals surface area contributed by atoms with Crippen LogP contribution >= 0.6 is 11.6 Å². The number of halogens is 1. The number of piperazine rings is 1. The summed E-state index contributed by atoms with van der Waals surface area (Å²) in [6.45, 7) is 2.25. The minimum absolute atomic E-state index is 0.0191. The lowest BCUT2D eigenvalue weighted by Crippen LogP contribution is -2.51. The number of ether oxygens (including phenoxy) is 1. The van der Waals surface area contributed by atoms with Gasteiger partial charge in [0.25, 0.3) is 11.6 Å². The van der Waals surface area contributed by atoms with Crippen LogP contribution in [0.4, 0.5) is 11.4 Å². The number of fused-ring (bicyclic) bond motifs is 1. The van der Waals surface area contributed by atoms with Crippen molar-refractivity contribution in [1.82, 2.24) is 14.5 Å². The Morgan fingerprint density at radius 1 is 0.935 bits per heavy atom. The zero-order chi connectivity index (χ0) is 33.1. The molecule has 3 aromatic carbocycles. The molecule has 0 saturated carbocycles. The number of rotatable bonds is 9. The minimum atomic E-state index is -0.889. The van der Waals surface area contributed by atoms with Crippen molar-refractivity contribution in [3.63, 3.8) is 0 Å². The lowest BCUT2D eigenvalue weighted by Gasteiger charge is -2.31. The molecule has 0 atom stereocenters. The number of hydrogen-bond acceptors (Lipinski definition) is 10. The molecule has 1 amide bonds. The van der Waals surface area contributed by atoms with Crippen LogP contribution in [-0.2, 0) is 11.2 Å². The number of benzene rings is 3. The van der Waals surface area contributed by atoms with Crippen molar-refractivity contribution in [1.29, 1.82) is 0 Å². The number of carbonyl (C=O) groups is 2. The van der Waals surface area contributed by atoms with Gasteiger partial charge in [-0.15, -0.1) is 5.01 Å². The molecule has 17 heteroatoms. The van der Waals surface area contributed by atoms with E-state index in [9.17, 15) is 35.0 Å². The van der Waals surface area contributed by atoms with Gasteiger partial charge in [0.1, 0.15) is 5.75 Å². The largest absolute Gasteiger partial charge is 0.569 e. The van der Waals surface area contributed by atoms with Crippen molar-refractivity contribution >= 4 is 45.7 Å². The van der Waals surface area contributed by atoms with E-state index >= 15 is 0 Å². The number of nitrogens with zero attached hydrogens (tertiary/aromatic N) is 7. The maximum absolute atomic E-state index is 13.6. The number of nitro benzene ring substituents is 2. The molecule has 0 spiro atoms. The number of nitro groups is 2. The SMILES string of the molecule is COc1ccc2c(c1)c(CC(=O)N1CCN(/[N+]([O-])=N/Oc3ccc([N+](=O)[O-])cc3[N+](=O)[O-])CC1)c(C)n2C(=O)c1ccc(Cl)cc1. The van der Waals surface area contributed by atoms with Crippen LogP contribution in [0.15, 0.2) is 65.9 Å². The average molecular weight is 652 g/mol. The van der Waals surface area contributed by atoms with E-state index in [0.29, 0.717) is 44.6 Å². The van der Waals surface area contributed by atoms with E-state index in [-0.39, 0.29) is 49.4 Å². The molecule has 16 nitrogen and oxygen atoms in total. The Balaban J connectivity index is 1.30. The van der Waals surface area contributed by atoms with Gasteiger partial charge in [0.05, 0.1) is 53.0 Å². The molecule has 1 aromatic heterocycles. The van der Waals surface area contributed by atoms with E-state index in [2.05, 4.69) is 5.28 Å². The summed E-state index contributed by atoms with van der Waals surface area (Å²) in [5, 5.41) is 40.6. The molecular weight excluding hydrogens is 626 g/mol. The second kappa shape index (κ2) is 13.1. The van der Waals surface area contributed by atoms with E-state index in [1.807, 2.05) is 0 Å². The Morgan fingerprint density at radius 3 is 2.26 bits per heavy atom. The quantitative estimate of drug-likeness (QED) is 0.106. The Hall–Kier alpha value is -5.77. The number of carbonyl (C=O) groups excluding carboxylic acids is 2. The molecule has 0 N–H and O–H groups in total. The molecule has 46 heavy (non-hydrogen) atoms. The number of hydrogen-bond donors (Lipinski definition) is 0. The summed E-state index contributed by atoms with van der Waals surface area (Å²) in [5.41, 5.74) is 1.04. The maximum atomic E-state index is 13.6. The first-order valence-electron chi connectivity index (χ1n) is 13.8. The molecule has 1 aliphatic rings. The highest BCUT2D eigenvalue weighted by molar-refractivity contribution is 6.30. The zero-order valence-electron chi connectivity index (χ0n) is 24.5. The van der Waals surface area contributed by atoms with Crippen molar-refractivity contribution in [3.8, 4) is 11.5 Å². The lowest BCUT2D eigenvalue weighted by molar-refractivity contribution is -0.708. The molecule has 0 bridgehead atoms. The van der Waals surface area contributed by atoms with Crippen LogP contribution in [0.2, 0.25) is 5.02 Å². The summed E-state index contributed by atoms with van der Waals surface area (Å²) in [4.78, 5) is 54.2. The lowest BCUT2D eigenvalue weighted by atomic mass is 10.1. The topological polar surface area (TPSA) is 189 Å². The van der Waals surface area contributed by atoms with Crippen molar-refractivity contribution < 1.29 is 34.0 Å². The summed E-state index contributed by atoms with van der Waals surface area (Å²) < 4.78 is 6.96. The molecule has 1 fully saturated rings. The molecule has 0 radical (unpaired) electrons. The molecular formula is C29H26ClN7O9.